The van der Waals surface area contributed by atoms with Crippen LogP contribution < -0.4 is 0 Å². The molecule has 4 heteroatoms. The molecule has 19 heavy (non-hydrogen) atoms. The quantitative estimate of drug-likeness (QED) is 0.569. The van der Waals surface area contributed by atoms with Crippen LogP contribution in [0.5, 0.6) is 0 Å². The van der Waals surface area contributed by atoms with Crippen LogP contribution in [-0.4, -0.2) is 26.2 Å². The minimum absolute atomic E-state index is 0.0450. The second-order valence-electron chi connectivity index (χ2n) is 5.89. The fourth-order valence-electron chi connectivity index (χ4n) is 3.35. The summed E-state index contributed by atoms with van der Waals surface area (Å²) in [7, 11) is 2.70. The molecule has 1 saturated carbocycles. The number of hydrogen-bond donors (Lipinski definition) is 0. The van der Waals surface area contributed by atoms with Gasteiger partial charge in [0.1, 0.15) is 0 Å². The van der Waals surface area contributed by atoms with E-state index >= 15 is 0 Å². The second-order valence-corrected chi connectivity index (χ2v) is 5.89. The summed E-state index contributed by atoms with van der Waals surface area (Å²) in [5.74, 6) is -0.580. The van der Waals surface area contributed by atoms with Gasteiger partial charge < -0.3 is 9.47 Å². The summed E-state index contributed by atoms with van der Waals surface area (Å²) in [5, 5.41) is 0. The summed E-state index contributed by atoms with van der Waals surface area (Å²) in [6.45, 7) is 4.03. The van der Waals surface area contributed by atoms with E-state index < -0.39 is 17.4 Å². The van der Waals surface area contributed by atoms with E-state index in [-0.39, 0.29) is 11.8 Å². The predicted octanol–water partition coefficient (Wildman–Crippen LogP) is 2.95. The van der Waals surface area contributed by atoms with Gasteiger partial charge in [0, 0.05) is 0 Å². The Morgan fingerprint density at radius 1 is 1.05 bits per heavy atom. The van der Waals surface area contributed by atoms with Gasteiger partial charge in [0.15, 0.2) is 5.41 Å². The van der Waals surface area contributed by atoms with Crippen molar-refractivity contribution < 1.29 is 19.1 Å². The second kappa shape index (κ2) is 6.92. The molecule has 0 atom stereocenters. The Bertz CT molecular complexity index is 300. The first-order valence-corrected chi connectivity index (χ1v) is 7.15. The Balaban J connectivity index is 3.15. The molecule has 0 radical (unpaired) electrons. The van der Waals surface area contributed by atoms with Gasteiger partial charge in [-0.1, -0.05) is 33.1 Å². The number of rotatable bonds is 5. The molecule has 4 nitrogen and oxygen atoms in total. The smallest absolute Gasteiger partial charge is 0.323 e. The molecule has 1 rings (SSSR count). The van der Waals surface area contributed by atoms with Crippen molar-refractivity contribution in [1.29, 1.82) is 0 Å². The minimum Gasteiger partial charge on any atom is -0.468 e. The summed E-state index contributed by atoms with van der Waals surface area (Å²) in [4.78, 5) is 24.7. The molecule has 0 aliphatic heterocycles. The van der Waals surface area contributed by atoms with E-state index in [2.05, 4.69) is 0 Å². The van der Waals surface area contributed by atoms with Crippen LogP contribution in [0.25, 0.3) is 0 Å². The van der Waals surface area contributed by atoms with E-state index in [4.69, 9.17) is 9.47 Å². The summed E-state index contributed by atoms with van der Waals surface area (Å²) in [6, 6.07) is 0. The van der Waals surface area contributed by atoms with Gasteiger partial charge in [-0.05, 0) is 31.1 Å². The third-order valence-electron chi connectivity index (χ3n) is 4.13. The van der Waals surface area contributed by atoms with Crippen molar-refractivity contribution in [1.82, 2.24) is 0 Å². The van der Waals surface area contributed by atoms with Gasteiger partial charge in [0.05, 0.1) is 14.2 Å². The van der Waals surface area contributed by atoms with Crippen molar-refractivity contribution in [2.24, 2.45) is 17.3 Å². The molecule has 0 heterocycles. The number of carbonyl (C=O) groups is 2. The fraction of sp³-hybridized carbons (Fsp3) is 0.867. The fourth-order valence-corrected chi connectivity index (χ4v) is 3.35. The Morgan fingerprint density at radius 3 is 1.89 bits per heavy atom. The van der Waals surface area contributed by atoms with Gasteiger partial charge in [-0.25, -0.2) is 0 Å². The van der Waals surface area contributed by atoms with Crippen LogP contribution in [0.4, 0.5) is 0 Å². The highest BCUT2D eigenvalue weighted by atomic mass is 16.5. The van der Waals surface area contributed by atoms with Crippen molar-refractivity contribution in [3.05, 3.63) is 0 Å². The molecule has 0 aromatic rings. The average molecular weight is 270 g/mol. The lowest BCUT2D eigenvalue weighted by atomic mass is 9.65. The lowest BCUT2D eigenvalue weighted by Crippen LogP contribution is -2.48. The van der Waals surface area contributed by atoms with Crippen LogP contribution in [0.3, 0.4) is 0 Å². The van der Waals surface area contributed by atoms with Crippen molar-refractivity contribution in [2.75, 3.05) is 14.2 Å². The maximum atomic E-state index is 12.3. The first-order chi connectivity index (χ1) is 8.98. The third kappa shape index (κ3) is 3.28. The van der Waals surface area contributed by atoms with E-state index in [1.54, 1.807) is 0 Å². The van der Waals surface area contributed by atoms with Crippen molar-refractivity contribution in [3.63, 3.8) is 0 Å². The molecule has 0 aromatic carbocycles. The number of esters is 2. The van der Waals surface area contributed by atoms with Gasteiger partial charge in [0.25, 0.3) is 0 Å². The molecule has 0 N–H and O–H groups in total. The average Bonchev–Trinajstić information content (AvgIpc) is 2.43. The molecule has 0 saturated heterocycles. The Kier molecular flexibility index (Phi) is 5.83. The highest BCUT2D eigenvalue weighted by Gasteiger charge is 2.54. The van der Waals surface area contributed by atoms with Gasteiger partial charge in [0.2, 0.25) is 0 Å². The van der Waals surface area contributed by atoms with Gasteiger partial charge in [-0.2, -0.15) is 0 Å². The molecule has 0 amide bonds. The summed E-state index contributed by atoms with van der Waals surface area (Å²) < 4.78 is 9.91. The molecule has 0 aromatic heterocycles. The standard InChI is InChI=1S/C15H26O4/c1-11(2)10-15(13(16)18-3,14(17)19-4)12-8-6-5-7-9-12/h11-12H,5-10H2,1-4H3. The summed E-state index contributed by atoms with van der Waals surface area (Å²) >= 11 is 0. The number of carbonyl (C=O) groups excluding carboxylic acids is 2. The zero-order valence-corrected chi connectivity index (χ0v) is 12.5. The highest BCUT2D eigenvalue weighted by Crippen LogP contribution is 2.44. The molecule has 0 spiro atoms. The Hall–Kier alpha value is -1.06. The van der Waals surface area contributed by atoms with Crippen molar-refractivity contribution in [3.8, 4) is 0 Å². The monoisotopic (exact) mass is 270 g/mol. The largest absolute Gasteiger partial charge is 0.468 e. The molecule has 110 valence electrons. The van der Waals surface area contributed by atoms with E-state index in [0.717, 1.165) is 25.7 Å². The minimum atomic E-state index is -1.11. The van der Waals surface area contributed by atoms with Crippen LogP contribution in [-0.2, 0) is 19.1 Å². The van der Waals surface area contributed by atoms with Gasteiger partial charge >= 0.3 is 11.9 Å². The summed E-state index contributed by atoms with van der Waals surface area (Å²) in [5.41, 5.74) is -1.11. The van der Waals surface area contributed by atoms with Gasteiger partial charge in [-0.15, -0.1) is 0 Å². The van der Waals surface area contributed by atoms with Crippen molar-refractivity contribution in [2.45, 2.75) is 52.4 Å². The van der Waals surface area contributed by atoms with E-state index in [9.17, 15) is 9.59 Å². The molecule has 1 aliphatic rings. The molecule has 0 unspecified atom stereocenters. The van der Waals surface area contributed by atoms with Crippen LogP contribution in [0.1, 0.15) is 52.4 Å². The molecule has 1 fully saturated rings. The number of ether oxygens (including phenoxy) is 2. The Labute approximate surface area is 115 Å². The summed E-state index contributed by atoms with van der Waals surface area (Å²) in [6.07, 6.45) is 5.61. The van der Waals surface area contributed by atoms with E-state index in [0.29, 0.717) is 6.42 Å². The highest BCUT2D eigenvalue weighted by molar-refractivity contribution is 6.00. The lowest BCUT2D eigenvalue weighted by Gasteiger charge is -2.38. The zero-order chi connectivity index (χ0) is 14.5. The maximum absolute atomic E-state index is 12.3. The first-order valence-electron chi connectivity index (χ1n) is 7.15. The molecular weight excluding hydrogens is 244 g/mol. The SMILES string of the molecule is COC(=O)C(CC(C)C)(C(=O)OC)C1CCCCC1. The Morgan fingerprint density at radius 2 is 1.53 bits per heavy atom. The molecule has 0 bridgehead atoms. The van der Waals surface area contributed by atoms with Crippen LogP contribution in [0.15, 0.2) is 0 Å². The topological polar surface area (TPSA) is 52.6 Å². The van der Waals surface area contributed by atoms with Crippen molar-refractivity contribution >= 4 is 11.9 Å². The predicted molar refractivity (Wildman–Crippen MR) is 72.5 cm³/mol. The number of methoxy groups -OCH3 is 2. The molecule has 1 aliphatic carbocycles. The normalized spacial score (nSPS) is 17.3. The maximum Gasteiger partial charge on any atom is 0.323 e. The first kappa shape index (κ1) is 16.0. The van der Waals surface area contributed by atoms with E-state index in [1.807, 2.05) is 13.8 Å². The van der Waals surface area contributed by atoms with E-state index in [1.165, 1.54) is 20.6 Å². The number of hydrogen-bond acceptors (Lipinski definition) is 4. The third-order valence-corrected chi connectivity index (χ3v) is 4.13. The van der Waals surface area contributed by atoms with Crippen LogP contribution >= 0.6 is 0 Å². The van der Waals surface area contributed by atoms with Crippen LogP contribution in [0, 0.1) is 17.3 Å². The molecular formula is C15H26O4. The van der Waals surface area contributed by atoms with Crippen LogP contribution in [0.2, 0.25) is 0 Å². The lowest BCUT2D eigenvalue weighted by molar-refractivity contribution is -0.176. The zero-order valence-electron chi connectivity index (χ0n) is 12.5. The van der Waals surface area contributed by atoms with Gasteiger partial charge in [-0.3, -0.25) is 9.59 Å².